The maximum absolute atomic E-state index is 13.2. The molecule has 4 rings (SSSR count). The third kappa shape index (κ3) is 5.82. The van der Waals surface area contributed by atoms with Gasteiger partial charge in [-0.2, -0.15) is 0 Å². The van der Waals surface area contributed by atoms with Crippen LogP contribution >= 0.6 is 11.6 Å². The number of hydrogen-bond donors (Lipinski definition) is 0. The molecule has 0 unspecified atom stereocenters. The van der Waals surface area contributed by atoms with Gasteiger partial charge in [0.2, 0.25) is 0 Å². The highest BCUT2D eigenvalue weighted by Crippen LogP contribution is 2.16. The molecule has 0 aromatic heterocycles. The Kier molecular flexibility index (Phi) is 7.39. The van der Waals surface area contributed by atoms with Crippen LogP contribution in [0, 0.1) is 0 Å². The zero-order chi connectivity index (χ0) is 20.8. The van der Waals surface area contributed by atoms with E-state index in [1.165, 1.54) is 11.1 Å². The molecule has 0 radical (unpaired) electrons. The van der Waals surface area contributed by atoms with Crippen LogP contribution in [0.25, 0.3) is 0 Å². The predicted octanol–water partition coefficient (Wildman–Crippen LogP) is 3.52. The lowest BCUT2D eigenvalue weighted by Crippen LogP contribution is -2.36. The van der Waals surface area contributed by atoms with Crippen LogP contribution in [0.2, 0.25) is 5.02 Å². The van der Waals surface area contributed by atoms with E-state index in [0.717, 1.165) is 82.6 Å². The van der Waals surface area contributed by atoms with E-state index in [4.69, 9.17) is 16.3 Å². The summed E-state index contributed by atoms with van der Waals surface area (Å²) in [6.45, 7) is 8.72. The van der Waals surface area contributed by atoms with Crippen molar-refractivity contribution in [2.75, 3.05) is 52.5 Å². The fourth-order valence-corrected chi connectivity index (χ4v) is 4.31. The van der Waals surface area contributed by atoms with Gasteiger partial charge in [-0.05, 0) is 41.8 Å². The van der Waals surface area contributed by atoms with Crippen molar-refractivity contribution < 1.29 is 9.53 Å². The zero-order valence-corrected chi connectivity index (χ0v) is 18.2. The Morgan fingerprint density at radius 1 is 0.833 bits per heavy atom. The van der Waals surface area contributed by atoms with Crippen LogP contribution in [0.3, 0.4) is 0 Å². The van der Waals surface area contributed by atoms with E-state index in [1.807, 2.05) is 29.2 Å². The fourth-order valence-electron chi connectivity index (χ4n) is 4.18. The SMILES string of the molecule is O=C(c1cccc(CN2CCOCC2)c1)N1CCCN(Cc2ccc(Cl)cc2)CC1. The van der Waals surface area contributed by atoms with Crippen LogP contribution in [-0.4, -0.2) is 73.1 Å². The molecule has 2 saturated heterocycles. The average Bonchev–Trinajstić information content (AvgIpc) is 3.01. The van der Waals surface area contributed by atoms with Gasteiger partial charge in [-0.3, -0.25) is 14.6 Å². The van der Waals surface area contributed by atoms with Gasteiger partial charge in [0.15, 0.2) is 0 Å². The van der Waals surface area contributed by atoms with E-state index in [-0.39, 0.29) is 5.91 Å². The Labute approximate surface area is 184 Å². The minimum atomic E-state index is 0.146. The molecule has 2 aliphatic rings. The number of hydrogen-bond acceptors (Lipinski definition) is 4. The van der Waals surface area contributed by atoms with Crippen molar-refractivity contribution in [3.8, 4) is 0 Å². The largest absolute Gasteiger partial charge is 0.379 e. The summed E-state index contributed by atoms with van der Waals surface area (Å²) in [4.78, 5) is 20.0. The zero-order valence-electron chi connectivity index (χ0n) is 17.4. The Hall–Kier alpha value is -1.92. The van der Waals surface area contributed by atoms with Crippen molar-refractivity contribution in [2.24, 2.45) is 0 Å². The van der Waals surface area contributed by atoms with Crippen molar-refractivity contribution in [3.63, 3.8) is 0 Å². The summed E-state index contributed by atoms with van der Waals surface area (Å²) in [6.07, 6.45) is 0.993. The molecule has 0 spiro atoms. The highest BCUT2D eigenvalue weighted by molar-refractivity contribution is 6.30. The number of halogens is 1. The molecular weight excluding hydrogens is 398 g/mol. The first kappa shape index (κ1) is 21.3. The molecule has 0 N–H and O–H groups in total. The van der Waals surface area contributed by atoms with Crippen LogP contribution < -0.4 is 0 Å². The number of rotatable bonds is 5. The molecule has 1 amide bonds. The number of carbonyl (C=O) groups is 1. The van der Waals surface area contributed by atoms with E-state index in [9.17, 15) is 4.79 Å². The molecule has 2 heterocycles. The van der Waals surface area contributed by atoms with Crippen molar-refractivity contribution in [2.45, 2.75) is 19.5 Å². The lowest BCUT2D eigenvalue weighted by Gasteiger charge is -2.27. The van der Waals surface area contributed by atoms with E-state index in [2.05, 4.69) is 34.1 Å². The normalized spacial score (nSPS) is 18.9. The molecule has 2 aliphatic heterocycles. The van der Waals surface area contributed by atoms with Gasteiger partial charge in [0.1, 0.15) is 0 Å². The van der Waals surface area contributed by atoms with Crippen LogP contribution in [0.4, 0.5) is 0 Å². The van der Waals surface area contributed by atoms with Crippen molar-refractivity contribution in [3.05, 3.63) is 70.2 Å². The van der Waals surface area contributed by atoms with Crippen molar-refractivity contribution in [1.29, 1.82) is 0 Å². The lowest BCUT2D eigenvalue weighted by molar-refractivity contribution is 0.0341. The molecule has 0 saturated carbocycles. The Morgan fingerprint density at radius 2 is 1.57 bits per heavy atom. The number of amides is 1. The van der Waals surface area contributed by atoms with Gasteiger partial charge in [-0.15, -0.1) is 0 Å². The first-order valence-corrected chi connectivity index (χ1v) is 11.2. The maximum atomic E-state index is 13.2. The minimum Gasteiger partial charge on any atom is -0.379 e. The standard InChI is InChI=1S/C24H30ClN3O2/c25-23-7-5-20(6-8-23)18-26-9-2-10-28(12-11-26)24(29)22-4-1-3-21(17-22)19-27-13-15-30-16-14-27/h1,3-8,17H,2,9-16,18-19H2. The van der Waals surface area contributed by atoms with Crippen molar-refractivity contribution in [1.82, 2.24) is 14.7 Å². The minimum absolute atomic E-state index is 0.146. The van der Waals surface area contributed by atoms with Crippen molar-refractivity contribution >= 4 is 17.5 Å². The first-order valence-electron chi connectivity index (χ1n) is 10.8. The second kappa shape index (κ2) is 10.4. The second-order valence-electron chi connectivity index (χ2n) is 8.14. The number of carbonyl (C=O) groups excluding carboxylic acids is 1. The van der Waals surface area contributed by atoms with Gasteiger partial charge in [0.25, 0.3) is 5.91 Å². The molecule has 2 aromatic rings. The molecule has 2 fully saturated rings. The van der Waals surface area contributed by atoms with Crippen LogP contribution in [0.5, 0.6) is 0 Å². The number of morpholine rings is 1. The number of ether oxygens (including phenoxy) is 1. The second-order valence-corrected chi connectivity index (χ2v) is 8.57. The third-order valence-corrected chi connectivity index (χ3v) is 6.13. The van der Waals surface area contributed by atoms with Gasteiger partial charge in [-0.1, -0.05) is 35.9 Å². The van der Waals surface area contributed by atoms with Crippen LogP contribution in [0.15, 0.2) is 48.5 Å². The van der Waals surface area contributed by atoms with Gasteiger partial charge in [-0.25, -0.2) is 0 Å². The summed E-state index contributed by atoms with van der Waals surface area (Å²) >= 11 is 5.99. The summed E-state index contributed by atoms with van der Waals surface area (Å²) in [6, 6.07) is 16.2. The summed E-state index contributed by atoms with van der Waals surface area (Å²) in [5.74, 6) is 0.146. The highest BCUT2D eigenvalue weighted by atomic mass is 35.5. The van der Waals surface area contributed by atoms with Crippen LogP contribution in [0.1, 0.15) is 27.9 Å². The van der Waals surface area contributed by atoms with E-state index < -0.39 is 0 Å². The summed E-state index contributed by atoms with van der Waals surface area (Å²) < 4.78 is 5.43. The van der Waals surface area contributed by atoms with Gasteiger partial charge in [0, 0.05) is 62.9 Å². The molecule has 160 valence electrons. The third-order valence-electron chi connectivity index (χ3n) is 5.88. The monoisotopic (exact) mass is 427 g/mol. The highest BCUT2D eigenvalue weighted by Gasteiger charge is 2.21. The van der Waals surface area contributed by atoms with Gasteiger partial charge in [0.05, 0.1) is 13.2 Å². The van der Waals surface area contributed by atoms with Gasteiger partial charge >= 0.3 is 0 Å². The Bertz CT molecular complexity index is 837. The number of nitrogens with zero attached hydrogens (tertiary/aromatic N) is 3. The molecular formula is C24H30ClN3O2. The van der Waals surface area contributed by atoms with E-state index in [0.29, 0.717) is 0 Å². The summed E-state index contributed by atoms with van der Waals surface area (Å²) in [5.41, 5.74) is 3.25. The topological polar surface area (TPSA) is 36.0 Å². The molecule has 2 aromatic carbocycles. The smallest absolute Gasteiger partial charge is 0.253 e. The van der Waals surface area contributed by atoms with E-state index in [1.54, 1.807) is 0 Å². The lowest BCUT2D eigenvalue weighted by atomic mass is 10.1. The quantitative estimate of drug-likeness (QED) is 0.731. The van der Waals surface area contributed by atoms with E-state index >= 15 is 0 Å². The fraction of sp³-hybridized carbons (Fsp3) is 0.458. The molecule has 0 bridgehead atoms. The maximum Gasteiger partial charge on any atom is 0.253 e. The average molecular weight is 428 g/mol. The Balaban J connectivity index is 1.34. The predicted molar refractivity (Wildman–Crippen MR) is 120 cm³/mol. The summed E-state index contributed by atoms with van der Waals surface area (Å²) in [7, 11) is 0. The molecule has 0 aliphatic carbocycles. The molecule has 0 atom stereocenters. The van der Waals surface area contributed by atoms with Gasteiger partial charge < -0.3 is 9.64 Å². The Morgan fingerprint density at radius 3 is 2.37 bits per heavy atom. The number of benzene rings is 2. The molecule has 30 heavy (non-hydrogen) atoms. The first-order chi connectivity index (χ1) is 14.7. The van der Waals surface area contributed by atoms with Crippen LogP contribution in [-0.2, 0) is 17.8 Å². The molecule has 6 heteroatoms. The molecule has 5 nitrogen and oxygen atoms in total. The summed E-state index contributed by atoms with van der Waals surface area (Å²) in [5, 5.41) is 0.766.